The zero-order valence-corrected chi connectivity index (χ0v) is 13.6. The Balaban J connectivity index is 1.71. The fourth-order valence-corrected chi connectivity index (χ4v) is 1.84. The first-order valence-electron chi connectivity index (χ1n) is 7.46. The van der Waals surface area contributed by atoms with E-state index < -0.39 is 12.1 Å². The van der Waals surface area contributed by atoms with Crippen LogP contribution >= 0.6 is 0 Å². The van der Waals surface area contributed by atoms with Crippen molar-refractivity contribution in [1.29, 1.82) is 0 Å². The van der Waals surface area contributed by atoms with Crippen molar-refractivity contribution in [3.63, 3.8) is 0 Å². The minimum atomic E-state index is -0.393. The van der Waals surface area contributed by atoms with Gasteiger partial charge in [0, 0.05) is 23.8 Å². The number of nitrogens with one attached hydrogen (secondary N) is 4. The summed E-state index contributed by atoms with van der Waals surface area (Å²) in [6, 6.07) is 14.1. The molecule has 0 aromatic heterocycles. The molecule has 0 spiro atoms. The summed E-state index contributed by atoms with van der Waals surface area (Å²) in [6.45, 7) is 3.94. The van der Waals surface area contributed by atoms with Gasteiger partial charge in [-0.25, -0.2) is 9.59 Å². The van der Waals surface area contributed by atoms with Crippen LogP contribution in [0.3, 0.4) is 0 Å². The first-order valence-corrected chi connectivity index (χ1v) is 7.46. The number of rotatable bonds is 4. The third-order valence-electron chi connectivity index (χ3n) is 3.13. The van der Waals surface area contributed by atoms with Crippen LogP contribution in [-0.4, -0.2) is 12.1 Å². The van der Waals surface area contributed by atoms with Gasteiger partial charge in [-0.05, 0) is 38.1 Å². The quantitative estimate of drug-likeness (QED) is 0.691. The molecule has 0 fully saturated rings. The third kappa shape index (κ3) is 5.84. The fourth-order valence-electron chi connectivity index (χ4n) is 1.84. The Morgan fingerprint density at radius 3 is 1.33 bits per heavy atom. The van der Waals surface area contributed by atoms with Crippen LogP contribution in [0.1, 0.15) is 11.1 Å². The molecule has 4 amide bonds. The van der Waals surface area contributed by atoms with Gasteiger partial charge in [0.05, 0.1) is 0 Å². The monoisotopic (exact) mass is 324 g/mol. The van der Waals surface area contributed by atoms with Crippen molar-refractivity contribution in [2.24, 2.45) is 0 Å². The summed E-state index contributed by atoms with van der Waals surface area (Å²) in [4.78, 5) is 23.3. The molecular formula is C18H20N4O2. The molecule has 0 unspecified atom stereocenters. The van der Waals surface area contributed by atoms with Crippen LogP contribution in [0.15, 0.2) is 60.9 Å². The van der Waals surface area contributed by atoms with E-state index in [1.807, 2.05) is 62.4 Å². The van der Waals surface area contributed by atoms with E-state index >= 15 is 0 Å². The lowest BCUT2D eigenvalue weighted by Crippen LogP contribution is -2.27. The average Bonchev–Trinajstić information content (AvgIpc) is 2.56. The van der Waals surface area contributed by atoms with E-state index in [1.165, 1.54) is 12.4 Å². The molecule has 0 heterocycles. The van der Waals surface area contributed by atoms with Crippen LogP contribution in [-0.2, 0) is 0 Å². The van der Waals surface area contributed by atoms with E-state index in [-0.39, 0.29) is 0 Å². The topological polar surface area (TPSA) is 82.3 Å². The number of carbonyl (C=O) groups excluding carboxylic acids is 2. The standard InChI is InChI=1S/C18H20N4O2/c1-13-3-7-15(8-4-13)21-17(23)19-11-12-20-18(24)22-16-9-5-14(2)6-10-16/h3-12H,1-2H3,(H2,19,21,23)(H2,20,22,24)/b12-11+. The summed E-state index contributed by atoms with van der Waals surface area (Å²) in [5, 5.41) is 10.3. The number of urea groups is 2. The van der Waals surface area contributed by atoms with E-state index in [0.29, 0.717) is 11.4 Å². The Hall–Kier alpha value is -3.28. The zero-order chi connectivity index (χ0) is 17.4. The molecule has 4 N–H and O–H groups in total. The minimum absolute atomic E-state index is 0.393. The van der Waals surface area contributed by atoms with Gasteiger partial charge in [0.15, 0.2) is 0 Å². The van der Waals surface area contributed by atoms with Crippen molar-refractivity contribution in [2.75, 3.05) is 10.6 Å². The molecule has 0 atom stereocenters. The summed E-state index contributed by atoms with van der Waals surface area (Å²) < 4.78 is 0. The molecule has 6 heteroatoms. The molecule has 124 valence electrons. The maximum Gasteiger partial charge on any atom is 0.323 e. The summed E-state index contributed by atoms with van der Waals surface area (Å²) in [6.07, 6.45) is 2.69. The number of hydrogen-bond donors (Lipinski definition) is 4. The zero-order valence-electron chi connectivity index (χ0n) is 13.6. The second-order valence-electron chi connectivity index (χ2n) is 5.26. The molecule has 0 saturated carbocycles. The van der Waals surface area contributed by atoms with Crippen LogP contribution in [0.2, 0.25) is 0 Å². The average molecular weight is 324 g/mol. The number of hydrogen-bond acceptors (Lipinski definition) is 2. The van der Waals surface area contributed by atoms with Gasteiger partial charge in [0.2, 0.25) is 0 Å². The highest BCUT2D eigenvalue weighted by Crippen LogP contribution is 2.08. The van der Waals surface area contributed by atoms with E-state index in [9.17, 15) is 9.59 Å². The molecule has 0 aliphatic rings. The number of carbonyl (C=O) groups is 2. The van der Waals surface area contributed by atoms with Crippen LogP contribution in [0.5, 0.6) is 0 Å². The molecule has 0 aliphatic heterocycles. The summed E-state index contributed by atoms with van der Waals surface area (Å²) >= 11 is 0. The Morgan fingerprint density at radius 2 is 1.00 bits per heavy atom. The Morgan fingerprint density at radius 1 is 0.667 bits per heavy atom. The van der Waals surface area contributed by atoms with Gasteiger partial charge in [0.1, 0.15) is 0 Å². The first-order chi connectivity index (χ1) is 11.5. The van der Waals surface area contributed by atoms with Gasteiger partial charge in [0.25, 0.3) is 0 Å². The fraction of sp³-hybridized carbons (Fsp3) is 0.111. The lowest BCUT2D eigenvalue weighted by Gasteiger charge is -2.06. The minimum Gasteiger partial charge on any atom is -0.313 e. The molecule has 2 aromatic rings. The van der Waals surface area contributed by atoms with Gasteiger partial charge < -0.3 is 21.3 Å². The molecular weight excluding hydrogens is 304 g/mol. The first kappa shape index (κ1) is 17.1. The number of aryl methyl sites for hydroxylation is 2. The number of amides is 4. The molecule has 2 aromatic carbocycles. The van der Waals surface area contributed by atoms with E-state index in [0.717, 1.165) is 11.1 Å². The SMILES string of the molecule is Cc1ccc(NC(=O)N/C=C/NC(=O)Nc2ccc(C)cc2)cc1. The van der Waals surface area contributed by atoms with Gasteiger partial charge in [-0.15, -0.1) is 0 Å². The van der Waals surface area contributed by atoms with Crippen molar-refractivity contribution in [2.45, 2.75) is 13.8 Å². The van der Waals surface area contributed by atoms with Crippen LogP contribution in [0.4, 0.5) is 21.0 Å². The highest BCUT2D eigenvalue weighted by atomic mass is 16.2. The lowest BCUT2D eigenvalue weighted by atomic mass is 10.2. The Kier molecular flexibility index (Phi) is 5.96. The molecule has 0 aliphatic carbocycles. The molecule has 2 rings (SSSR count). The lowest BCUT2D eigenvalue weighted by molar-refractivity contribution is 0.253. The summed E-state index contributed by atoms with van der Waals surface area (Å²) in [5.41, 5.74) is 3.61. The molecule has 24 heavy (non-hydrogen) atoms. The molecule has 0 bridgehead atoms. The van der Waals surface area contributed by atoms with Crippen molar-refractivity contribution in [3.8, 4) is 0 Å². The van der Waals surface area contributed by atoms with Gasteiger partial charge >= 0.3 is 12.1 Å². The van der Waals surface area contributed by atoms with Crippen molar-refractivity contribution >= 4 is 23.4 Å². The highest BCUT2D eigenvalue weighted by molar-refractivity contribution is 5.91. The maximum atomic E-state index is 11.7. The summed E-state index contributed by atoms with van der Waals surface area (Å²) in [7, 11) is 0. The van der Waals surface area contributed by atoms with Crippen LogP contribution in [0.25, 0.3) is 0 Å². The van der Waals surface area contributed by atoms with Crippen molar-refractivity contribution < 1.29 is 9.59 Å². The van der Waals surface area contributed by atoms with Crippen LogP contribution in [0, 0.1) is 13.8 Å². The van der Waals surface area contributed by atoms with Crippen molar-refractivity contribution in [1.82, 2.24) is 10.6 Å². The van der Waals surface area contributed by atoms with Gasteiger partial charge in [-0.2, -0.15) is 0 Å². The normalized spacial score (nSPS) is 10.2. The predicted octanol–water partition coefficient (Wildman–Crippen LogP) is 3.72. The maximum absolute atomic E-state index is 11.7. The predicted molar refractivity (Wildman–Crippen MR) is 95.8 cm³/mol. The van der Waals surface area contributed by atoms with Gasteiger partial charge in [-0.3, -0.25) is 0 Å². The highest BCUT2D eigenvalue weighted by Gasteiger charge is 2.00. The van der Waals surface area contributed by atoms with Gasteiger partial charge in [-0.1, -0.05) is 35.4 Å². The van der Waals surface area contributed by atoms with Crippen molar-refractivity contribution in [3.05, 3.63) is 72.1 Å². The number of anilines is 2. The Bertz CT molecular complexity index is 658. The summed E-state index contributed by atoms with van der Waals surface area (Å²) in [5.74, 6) is 0. The molecule has 0 radical (unpaired) electrons. The smallest absolute Gasteiger partial charge is 0.313 e. The molecule has 6 nitrogen and oxygen atoms in total. The van der Waals surface area contributed by atoms with E-state index in [4.69, 9.17) is 0 Å². The van der Waals surface area contributed by atoms with E-state index in [2.05, 4.69) is 21.3 Å². The largest absolute Gasteiger partial charge is 0.323 e. The third-order valence-corrected chi connectivity index (χ3v) is 3.13. The second kappa shape index (κ2) is 8.38. The Labute approximate surface area is 141 Å². The van der Waals surface area contributed by atoms with Crippen LogP contribution < -0.4 is 21.3 Å². The van der Waals surface area contributed by atoms with E-state index in [1.54, 1.807) is 0 Å². The number of benzene rings is 2. The molecule has 0 saturated heterocycles. The second-order valence-corrected chi connectivity index (χ2v) is 5.26.